The fraction of sp³-hybridized carbons (Fsp3) is 0.556. The van der Waals surface area contributed by atoms with E-state index < -0.39 is 0 Å². The molecule has 1 saturated carbocycles. The summed E-state index contributed by atoms with van der Waals surface area (Å²) in [4.78, 5) is 14.4. The van der Waals surface area contributed by atoms with Crippen LogP contribution in [0.15, 0.2) is 16.6 Å². The van der Waals surface area contributed by atoms with Gasteiger partial charge in [-0.1, -0.05) is 0 Å². The first-order valence-corrected chi connectivity index (χ1v) is 9.23. The van der Waals surface area contributed by atoms with E-state index in [0.717, 1.165) is 0 Å². The molecule has 1 atom stereocenters. The van der Waals surface area contributed by atoms with E-state index >= 15 is 0 Å². The van der Waals surface area contributed by atoms with Crippen molar-refractivity contribution in [2.24, 2.45) is 0 Å². The summed E-state index contributed by atoms with van der Waals surface area (Å²) in [5.74, 6) is 0.692. The first kappa shape index (κ1) is 19.5. The third kappa shape index (κ3) is 5.62. The molecule has 0 saturated heterocycles. The molecule has 25 heavy (non-hydrogen) atoms. The number of hydrogen-bond donors (Lipinski definition) is 1. The van der Waals surface area contributed by atoms with E-state index in [4.69, 9.17) is 14.7 Å². The standard InChI is InChI=1S/C18H24BrN3O3/c1-4-24-16-8-13(9-20)7-15(19)18(16)25-11-17(23)21-10-12(2)22(3)14-5-6-14/h7-8,12,14H,4-6,10-11H2,1-3H3,(H,21,23). The van der Waals surface area contributed by atoms with Gasteiger partial charge in [-0.15, -0.1) is 0 Å². The van der Waals surface area contributed by atoms with E-state index in [9.17, 15) is 4.79 Å². The van der Waals surface area contributed by atoms with Crippen LogP contribution in [-0.2, 0) is 4.79 Å². The predicted molar refractivity (Wildman–Crippen MR) is 98.8 cm³/mol. The number of benzene rings is 1. The van der Waals surface area contributed by atoms with Crippen LogP contribution in [0.1, 0.15) is 32.3 Å². The molecule has 1 aromatic rings. The summed E-state index contributed by atoms with van der Waals surface area (Å²) in [6, 6.07) is 6.26. The second-order valence-corrected chi connectivity index (χ2v) is 7.02. The molecule has 0 heterocycles. The van der Waals surface area contributed by atoms with Gasteiger partial charge >= 0.3 is 0 Å². The number of likely N-dealkylation sites (N-methyl/N-ethyl adjacent to an activating group) is 1. The van der Waals surface area contributed by atoms with Crippen molar-refractivity contribution in [2.45, 2.75) is 38.8 Å². The van der Waals surface area contributed by atoms with Gasteiger partial charge in [0.2, 0.25) is 0 Å². The molecule has 1 aliphatic rings. The van der Waals surface area contributed by atoms with E-state index in [2.05, 4.69) is 46.2 Å². The van der Waals surface area contributed by atoms with E-state index in [0.29, 0.717) is 40.7 Å². The number of halogens is 1. The number of ether oxygens (including phenoxy) is 2. The third-order valence-electron chi connectivity index (χ3n) is 4.20. The summed E-state index contributed by atoms with van der Waals surface area (Å²) in [6.07, 6.45) is 2.48. The van der Waals surface area contributed by atoms with Gasteiger partial charge in [0.15, 0.2) is 18.1 Å². The minimum Gasteiger partial charge on any atom is -0.490 e. The summed E-state index contributed by atoms with van der Waals surface area (Å²) in [5, 5.41) is 11.9. The van der Waals surface area contributed by atoms with Gasteiger partial charge in [-0.25, -0.2) is 0 Å². The largest absolute Gasteiger partial charge is 0.490 e. The molecule has 2 rings (SSSR count). The Morgan fingerprint density at radius 2 is 2.20 bits per heavy atom. The molecule has 0 bridgehead atoms. The lowest BCUT2D eigenvalue weighted by molar-refractivity contribution is -0.123. The number of rotatable bonds is 9. The molecule has 1 amide bonds. The zero-order valence-electron chi connectivity index (χ0n) is 14.8. The Balaban J connectivity index is 1.89. The van der Waals surface area contributed by atoms with Gasteiger partial charge < -0.3 is 14.8 Å². The molecule has 6 nitrogen and oxygen atoms in total. The molecule has 0 spiro atoms. The molecular formula is C18H24BrN3O3. The van der Waals surface area contributed by atoms with E-state index in [-0.39, 0.29) is 18.6 Å². The SMILES string of the molecule is CCOc1cc(C#N)cc(Br)c1OCC(=O)NCC(C)N(C)C1CC1. The smallest absolute Gasteiger partial charge is 0.257 e. The van der Waals surface area contributed by atoms with Crippen LogP contribution in [0.25, 0.3) is 0 Å². The van der Waals surface area contributed by atoms with Crippen molar-refractivity contribution >= 4 is 21.8 Å². The number of carbonyl (C=O) groups is 1. The maximum atomic E-state index is 12.1. The summed E-state index contributed by atoms with van der Waals surface area (Å²) in [7, 11) is 2.09. The van der Waals surface area contributed by atoms with Gasteiger partial charge in [0.1, 0.15) is 0 Å². The van der Waals surface area contributed by atoms with Crippen molar-refractivity contribution in [3.8, 4) is 17.6 Å². The molecule has 0 aromatic heterocycles. The summed E-state index contributed by atoms with van der Waals surface area (Å²) in [5.41, 5.74) is 0.462. The van der Waals surface area contributed by atoms with Crippen LogP contribution in [-0.4, -0.2) is 49.7 Å². The van der Waals surface area contributed by atoms with Crippen LogP contribution in [0.2, 0.25) is 0 Å². The minimum absolute atomic E-state index is 0.107. The second-order valence-electron chi connectivity index (χ2n) is 6.17. The minimum atomic E-state index is -0.185. The van der Waals surface area contributed by atoms with E-state index in [1.165, 1.54) is 12.8 Å². The number of hydrogen-bond acceptors (Lipinski definition) is 5. The highest BCUT2D eigenvalue weighted by Crippen LogP contribution is 2.36. The molecule has 0 aliphatic heterocycles. The number of carbonyl (C=O) groups excluding carboxylic acids is 1. The van der Waals surface area contributed by atoms with Crippen LogP contribution in [0.4, 0.5) is 0 Å². The monoisotopic (exact) mass is 409 g/mol. The Bertz CT molecular complexity index is 656. The van der Waals surface area contributed by atoms with Crippen molar-refractivity contribution < 1.29 is 14.3 Å². The maximum absolute atomic E-state index is 12.1. The van der Waals surface area contributed by atoms with Crippen LogP contribution in [0.5, 0.6) is 11.5 Å². The van der Waals surface area contributed by atoms with Gasteiger partial charge in [0.05, 0.1) is 22.7 Å². The molecule has 7 heteroatoms. The quantitative estimate of drug-likeness (QED) is 0.678. The first-order valence-electron chi connectivity index (χ1n) is 8.44. The highest BCUT2D eigenvalue weighted by atomic mass is 79.9. The second kappa shape index (κ2) is 9.07. The van der Waals surface area contributed by atoms with Crippen molar-refractivity contribution in [2.75, 3.05) is 26.8 Å². The summed E-state index contributed by atoms with van der Waals surface area (Å²) in [6.45, 7) is 4.87. The summed E-state index contributed by atoms with van der Waals surface area (Å²) < 4.78 is 11.7. The van der Waals surface area contributed by atoms with Gasteiger partial charge in [0.25, 0.3) is 5.91 Å². The van der Waals surface area contributed by atoms with Crippen molar-refractivity contribution in [1.29, 1.82) is 5.26 Å². The first-order chi connectivity index (χ1) is 12.0. The third-order valence-corrected chi connectivity index (χ3v) is 4.79. The molecule has 136 valence electrons. The number of nitrogens with one attached hydrogen (secondary N) is 1. The zero-order chi connectivity index (χ0) is 18.4. The predicted octanol–water partition coefficient (Wildman–Crippen LogP) is 2.70. The van der Waals surface area contributed by atoms with E-state index in [1.807, 2.05) is 6.92 Å². The van der Waals surface area contributed by atoms with Gasteiger partial charge in [-0.05, 0) is 55.7 Å². The number of nitriles is 1. The van der Waals surface area contributed by atoms with Crippen LogP contribution in [0, 0.1) is 11.3 Å². The molecule has 1 aliphatic carbocycles. The van der Waals surface area contributed by atoms with E-state index in [1.54, 1.807) is 12.1 Å². The normalized spacial score (nSPS) is 14.7. The Hall–Kier alpha value is -1.78. The Morgan fingerprint density at radius 3 is 2.80 bits per heavy atom. The van der Waals surface area contributed by atoms with Crippen molar-refractivity contribution in [3.05, 3.63) is 22.2 Å². The van der Waals surface area contributed by atoms with Gasteiger partial charge in [-0.2, -0.15) is 5.26 Å². The molecule has 1 aromatic carbocycles. The molecule has 1 unspecified atom stereocenters. The van der Waals surface area contributed by atoms with Crippen LogP contribution >= 0.6 is 15.9 Å². The summed E-state index contributed by atoms with van der Waals surface area (Å²) >= 11 is 3.37. The topological polar surface area (TPSA) is 74.6 Å². The lowest BCUT2D eigenvalue weighted by Gasteiger charge is -2.24. The zero-order valence-corrected chi connectivity index (χ0v) is 16.4. The Kier molecular flexibility index (Phi) is 7.09. The highest BCUT2D eigenvalue weighted by Gasteiger charge is 2.29. The van der Waals surface area contributed by atoms with Gasteiger partial charge in [0, 0.05) is 24.7 Å². The average Bonchev–Trinajstić information content (AvgIpc) is 3.43. The van der Waals surface area contributed by atoms with Crippen molar-refractivity contribution in [3.63, 3.8) is 0 Å². The van der Waals surface area contributed by atoms with Crippen LogP contribution in [0.3, 0.4) is 0 Å². The van der Waals surface area contributed by atoms with Crippen LogP contribution < -0.4 is 14.8 Å². The average molecular weight is 410 g/mol. The Morgan fingerprint density at radius 1 is 1.48 bits per heavy atom. The molecule has 1 fully saturated rings. The molecule has 1 N–H and O–H groups in total. The maximum Gasteiger partial charge on any atom is 0.257 e. The molecular weight excluding hydrogens is 386 g/mol. The van der Waals surface area contributed by atoms with Crippen molar-refractivity contribution in [1.82, 2.24) is 10.2 Å². The Labute approximate surface area is 157 Å². The lowest BCUT2D eigenvalue weighted by atomic mass is 10.2. The highest BCUT2D eigenvalue weighted by molar-refractivity contribution is 9.10. The molecule has 0 radical (unpaired) electrons. The fourth-order valence-electron chi connectivity index (χ4n) is 2.47. The lowest BCUT2D eigenvalue weighted by Crippen LogP contribution is -2.42. The van der Waals surface area contributed by atoms with Gasteiger partial charge in [-0.3, -0.25) is 9.69 Å². The number of amides is 1. The number of nitrogens with zero attached hydrogens (tertiary/aromatic N) is 2. The fourth-order valence-corrected chi connectivity index (χ4v) is 3.03.